The maximum atomic E-state index is 6.09. The number of anilines is 1. The van der Waals surface area contributed by atoms with Crippen LogP contribution in [0, 0.1) is 5.92 Å². The predicted molar refractivity (Wildman–Crippen MR) is 77.6 cm³/mol. The van der Waals surface area contributed by atoms with Gasteiger partial charge in [0, 0.05) is 13.1 Å². The number of halogens is 1. The average Bonchev–Trinajstić information content (AvgIpc) is 2.33. The molecule has 0 bridgehead atoms. The highest BCUT2D eigenvalue weighted by Gasteiger charge is 2.18. The zero-order chi connectivity index (χ0) is 12.3. The van der Waals surface area contributed by atoms with E-state index in [1.165, 1.54) is 12.8 Å². The number of para-hydroxylation sites is 1. The molecule has 0 aromatic heterocycles. The lowest BCUT2D eigenvalue weighted by Crippen LogP contribution is -2.40. The second-order valence-corrected chi connectivity index (χ2v) is 5.37. The molecule has 4 heteroatoms. The van der Waals surface area contributed by atoms with E-state index in [9.17, 15) is 0 Å². The molecular formula is C13H17ClN2S. The van der Waals surface area contributed by atoms with E-state index in [1.807, 2.05) is 24.3 Å². The molecule has 1 saturated heterocycles. The van der Waals surface area contributed by atoms with Crippen LogP contribution in [0.25, 0.3) is 0 Å². The molecular weight excluding hydrogens is 252 g/mol. The van der Waals surface area contributed by atoms with Crippen LogP contribution in [-0.2, 0) is 0 Å². The summed E-state index contributed by atoms with van der Waals surface area (Å²) in [5.74, 6) is 0.814. The van der Waals surface area contributed by atoms with Crippen LogP contribution in [0.5, 0.6) is 0 Å². The number of nitrogens with one attached hydrogen (secondary N) is 1. The van der Waals surface area contributed by atoms with Gasteiger partial charge in [0.05, 0.1) is 10.7 Å². The maximum Gasteiger partial charge on any atom is 0.173 e. The van der Waals surface area contributed by atoms with E-state index in [2.05, 4.69) is 17.1 Å². The van der Waals surface area contributed by atoms with Crippen LogP contribution < -0.4 is 5.32 Å². The third kappa shape index (κ3) is 3.33. The van der Waals surface area contributed by atoms with Crippen molar-refractivity contribution in [3.05, 3.63) is 29.3 Å². The molecule has 2 rings (SSSR count). The Morgan fingerprint density at radius 3 is 2.65 bits per heavy atom. The number of benzene rings is 1. The summed E-state index contributed by atoms with van der Waals surface area (Å²) in [5, 5.41) is 4.71. The second-order valence-electron chi connectivity index (χ2n) is 4.58. The number of likely N-dealkylation sites (tertiary alicyclic amines) is 1. The highest BCUT2D eigenvalue weighted by Crippen LogP contribution is 2.22. The van der Waals surface area contributed by atoms with E-state index in [0.29, 0.717) is 5.02 Å². The number of hydrogen-bond donors (Lipinski definition) is 1. The molecule has 1 aromatic carbocycles. The van der Waals surface area contributed by atoms with Crippen molar-refractivity contribution in [3.63, 3.8) is 0 Å². The largest absolute Gasteiger partial charge is 0.349 e. The third-order valence-electron chi connectivity index (χ3n) is 3.19. The van der Waals surface area contributed by atoms with Crippen LogP contribution in [0.3, 0.4) is 0 Å². The van der Waals surface area contributed by atoms with Crippen molar-refractivity contribution < 1.29 is 0 Å². The van der Waals surface area contributed by atoms with Crippen molar-refractivity contribution in [1.82, 2.24) is 4.90 Å². The molecule has 0 spiro atoms. The second kappa shape index (κ2) is 5.69. The lowest BCUT2D eigenvalue weighted by atomic mass is 10.00. The van der Waals surface area contributed by atoms with E-state index in [4.69, 9.17) is 23.8 Å². The van der Waals surface area contributed by atoms with Crippen LogP contribution in [0.4, 0.5) is 5.69 Å². The highest BCUT2D eigenvalue weighted by atomic mass is 35.5. The number of hydrogen-bond acceptors (Lipinski definition) is 1. The Hall–Kier alpha value is -0.800. The van der Waals surface area contributed by atoms with Crippen molar-refractivity contribution in [1.29, 1.82) is 0 Å². The fraction of sp³-hybridized carbons (Fsp3) is 0.462. The van der Waals surface area contributed by atoms with Gasteiger partial charge in [-0.1, -0.05) is 30.7 Å². The zero-order valence-corrected chi connectivity index (χ0v) is 11.5. The van der Waals surface area contributed by atoms with Crippen LogP contribution in [0.1, 0.15) is 19.8 Å². The fourth-order valence-corrected chi connectivity index (χ4v) is 2.44. The quantitative estimate of drug-likeness (QED) is 0.781. The molecule has 1 heterocycles. The highest BCUT2D eigenvalue weighted by molar-refractivity contribution is 7.80. The summed E-state index contributed by atoms with van der Waals surface area (Å²) < 4.78 is 0. The minimum absolute atomic E-state index is 0.709. The van der Waals surface area contributed by atoms with E-state index in [-0.39, 0.29) is 0 Å². The molecule has 1 aromatic rings. The maximum absolute atomic E-state index is 6.09. The van der Waals surface area contributed by atoms with Crippen molar-refractivity contribution >= 4 is 34.6 Å². The molecule has 0 amide bonds. The number of nitrogens with zero attached hydrogens (tertiary/aromatic N) is 1. The van der Waals surface area contributed by atoms with Gasteiger partial charge in [0.2, 0.25) is 0 Å². The lowest BCUT2D eigenvalue weighted by molar-refractivity contribution is 0.283. The molecule has 0 saturated carbocycles. The predicted octanol–water partition coefficient (Wildman–Crippen LogP) is 3.77. The number of piperidine rings is 1. The van der Waals surface area contributed by atoms with Crippen LogP contribution in [-0.4, -0.2) is 23.1 Å². The summed E-state index contributed by atoms with van der Waals surface area (Å²) in [6, 6.07) is 7.68. The first kappa shape index (κ1) is 12.7. The molecule has 1 fully saturated rings. The van der Waals surface area contributed by atoms with E-state index < -0.39 is 0 Å². The van der Waals surface area contributed by atoms with Gasteiger partial charge in [-0.05, 0) is 43.1 Å². The molecule has 1 aliphatic heterocycles. The van der Waals surface area contributed by atoms with Crippen molar-refractivity contribution in [2.24, 2.45) is 5.92 Å². The Balaban J connectivity index is 1.95. The van der Waals surface area contributed by atoms with Crippen molar-refractivity contribution in [2.75, 3.05) is 18.4 Å². The van der Waals surface area contributed by atoms with Gasteiger partial charge in [-0.25, -0.2) is 0 Å². The van der Waals surface area contributed by atoms with Gasteiger partial charge >= 0.3 is 0 Å². The van der Waals surface area contributed by atoms with Crippen LogP contribution in [0.2, 0.25) is 5.02 Å². The minimum atomic E-state index is 0.709. The van der Waals surface area contributed by atoms with E-state index >= 15 is 0 Å². The Kier molecular flexibility index (Phi) is 4.24. The van der Waals surface area contributed by atoms with Crippen molar-refractivity contribution in [3.8, 4) is 0 Å². The van der Waals surface area contributed by atoms with Gasteiger partial charge in [-0.2, -0.15) is 0 Å². The SMILES string of the molecule is CC1CCN(C(=S)Nc2ccccc2Cl)CC1. The summed E-state index contributed by atoms with van der Waals surface area (Å²) in [6.45, 7) is 4.37. The Bertz CT molecular complexity index is 400. The first-order chi connectivity index (χ1) is 8.16. The summed E-state index contributed by atoms with van der Waals surface area (Å²) in [5.41, 5.74) is 0.887. The number of rotatable bonds is 1. The molecule has 1 aliphatic rings. The number of thiocarbonyl (C=S) groups is 1. The molecule has 92 valence electrons. The normalized spacial score (nSPS) is 16.9. The fourth-order valence-electron chi connectivity index (χ4n) is 1.97. The molecule has 1 N–H and O–H groups in total. The standard InChI is InChI=1S/C13H17ClN2S/c1-10-6-8-16(9-7-10)13(17)15-12-5-3-2-4-11(12)14/h2-5,10H,6-9H2,1H3,(H,15,17). The van der Waals surface area contributed by atoms with Gasteiger partial charge in [0.1, 0.15) is 0 Å². The topological polar surface area (TPSA) is 15.3 Å². The van der Waals surface area contributed by atoms with Crippen LogP contribution in [0.15, 0.2) is 24.3 Å². The molecule has 2 nitrogen and oxygen atoms in total. The first-order valence-electron chi connectivity index (χ1n) is 5.97. The minimum Gasteiger partial charge on any atom is -0.349 e. The monoisotopic (exact) mass is 268 g/mol. The van der Waals surface area contributed by atoms with Gasteiger partial charge < -0.3 is 10.2 Å². The summed E-state index contributed by atoms with van der Waals surface area (Å²) in [7, 11) is 0. The summed E-state index contributed by atoms with van der Waals surface area (Å²) in [6.07, 6.45) is 2.43. The average molecular weight is 269 g/mol. The van der Waals surface area contributed by atoms with E-state index in [1.54, 1.807) is 0 Å². The van der Waals surface area contributed by atoms with Gasteiger partial charge in [-0.3, -0.25) is 0 Å². The smallest absolute Gasteiger partial charge is 0.173 e. The lowest BCUT2D eigenvalue weighted by Gasteiger charge is -2.32. The van der Waals surface area contributed by atoms with Gasteiger partial charge in [0.15, 0.2) is 5.11 Å². The summed E-state index contributed by atoms with van der Waals surface area (Å²) in [4.78, 5) is 2.22. The summed E-state index contributed by atoms with van der Waals surface area (Å²) >= 11 is 11.5. The Morgan fingerprint density at radius 1 is 1.35 bits per heavy atom. The molecule has 0 atom stereocenters. The Labute approximate surface area is 113 Å². The Morgan fingerprint density at radius 2 is 2.00 bits per heavy atom. The first-order valence-corrected chi connectivity index (χ1v) is 6.76. The van der Waals surface area contributed by atoms with Crippen LogP contribution >= 0.6 is 23.8 Å². The van der Waals surface area contributed by atoms with Gasteiger partial charge in [0.25, 0.3) is 0 Å². The zero-order valence-electron chi connectivity index (χ0n) is 9.95. The van der Waals surface area contributed by atoms with Gasteiger partial charge in [-0.15, -0.1) is 0 Å². The van der Waals surface area contributed by atoms with Crippen molar-refractivity contribution in [2.45, 2.75) is 19.8 Å². The molecule has 17 heavy (non-hydrogen) atoms. The van der Waals surface area contributed by atoms with E-state index in [0.717, 1.165) is 29.8 Å². The third-order valence-corrected chi connectivity index (χ3v) is 3.88. The molecule has 0 radical (unpaired) electrons. The molecule has 0 aliphatic carbocycles. The molecule has 0 unspecified atom stereocenters.